The second-order valence-corrected chi connectivity index (χ2v) is 7.36. The van der Waals surface area contributed by atoms with Crippen molar-refractivity contribution in [2.45, 2.75) is 20.4 Å². The fourth-order valence-corrected chi connectivity index (χ4v) is 3.12. The van der Waals surface area contributed by atoms with E-state index in [1.807, 2.05) is 49.7 Å². The Labute approximate surface area is 169 Å². The maximum absolute atomic E-state index is 12.6. The number of nitrogens with zero attached hydrogens (tertiary/aromatic N) is 2. The van der Waals surface area contributed by atoms with Crippen molar-refractivity contribution in [3.05, 3.63) is 52.8 Å². The molecule has 3 aromatic rings. The lowest BCUT2D eigenvalue weighted by Crippen LogP contribution is -2.24. The number of aryl methyl sites for hydroxylation is 1. The number of aromatic nitrogens is 2. The highest BCUT2D eigenvalue weighted by atomic mass is 35.5. The molecule has 0 saturated carbocycles. The van der Waals surface area contributed by atoms with E-state index in [1.165, 1.54) is 7.11 Å². The number of hydrogen-bond donors (Lipinski definition) is 1. The van der Waals surface area contributed by atoms with E-state index in [9.17, 15) is 4.79 Å². The summed E-state index contributed by atoms with van der Waals surface area (Å²) < 4.78 is 13.1. The largest absolute Gasteiger partial charge is 0.493 e. The summed E-state index contributed by atoms with van der Waals surface area (Å²) in [7, 11) is 3.45. The molecular formula is C21H24ClN3O3. The molecule has 2 aromatic carbocycles. The molecule has 0 unspecified atom stereocenters. The third-order valence-electron chi connectivity index (χ3n) is 4.34. The number of carbonyl (C=O) groups excluding carboxylic acids is 1. The van der Waals surface area contributed by atoms with Crippen LogP contribution in [0.3, 0.4) is 0 Å². The topological polar surface area (TPSA) is 65.4 Å². The zero-order valence-electron chi connectivity index (χ0n) is 16.5. The van der Waals surface area contributed by atoms with Crippen LogP contribution in [0.5, 0.6) is 11.5 Å². The number of amides is 1. The summed E-state index contributed by atoms with van der Waals surface area (Å²) in [4.78, 5) is 17.2. The van der Waals surface area contributed by atoms with E-state index in [2.05, 4.69) is 10.3 Å². The molecule has 0 bridgehead atoms. The van der Waals surface area contributed by atoms with Crippen LogP contribution in [-0.4, -0.2) is 29.2 Å². The predicted molar refractivity (Wildman–Crippen MR) is 110 cm³/mol. The molecule has 3 rings (SSSR count). The summed E-state index contributed by atoms with van der Waals surface area (Å²) >= 11 is 6.34. The Kier molecular flexibility index (Phi) is 6.09. The van der Waals surface area contributed by atoms with Gasteiger partial charge in [0, 0.05) is 12.6 Å². The van der Waals surface area contributed by atoms with Crippen LogP contribution in [0.25, 0.3) is 11.0 Å². The van der Waals surface area contributed by atoms with Crippen molar-refractivity contribution in [3.63, 3.8) is 0 Å². The normalized spacial score (nSPS) is 11.1. The first-order chi connectivity index (χ1) is 13.4. The Balaban J connectivity index is 1.76. The molecule has 0 fully saturated rings. The van der Waals surface area contributed by atoms with Crippen LogP contribution < -0.4 is 14.8 Å². The molecular weight excluding hydrogens is 378 g/mol. The Morgan fingerprint density at radius 2 is 2.04 bits per heavy atom. The SMILES string of the molecule is COc1cc(C(=O)NCc2nc3ccccc3n2C)cc(Cl)c1OCC(C)C. The van der Waals surface area contributed by atoms with Gasteiger partial charge in [0.05, 0.1) is 36.3 Å². The Morgan fingerprint density at radius 1 is 1.29 bits per heavy atom. The van der Waals surface area contributed by atoms with E-state index in [-0.39, 0.29) is 5.91 Å². The third kappa shape index (κ3) is 4.22. The third-order valence-corrected chi connectivity index (χ3v) is 4.62. The average Bonchev–Trinajstić information content (AvgIpc) is 3.00. The van der Waals surface area contributed by atoms with Crippen LogP contribution in [0.1, 0.15) is 30.0 Å². The molecule has 0 aliphatic carbocycles. The number of ether oxygens (including phenoxy) is 2. The lowest BCUT2D eigenvalue weighted by atomic mass is 10.1. The fourth-order valence-electron chi connectivity index (χ4n) is 2.86. The van der Waals surface area contributed by atoms with Crippen LogP contribution in [0.15, 0.2) is 36.4 Å². The first-order valence-corrected chi connectivity index (χ1v) is 9.47. The van der Waals surface area contributed by atoms with E-state index >= 15 is 0 Å². The summed E-state index contributed by atoms with van der Waals surface area (Å²) in [5.74, 6) is 1.73. The molecule has 1 N–H and O–H groups in total. The Hall–Kier alpha value is -2.73. The molecule has 0 radical (unpaired) electrons. The molecule has 1 aromatic heterocycles. The number of hydrogen-bond acceptors (Lipinski definition) is 4. The minimum Gasteiger partial charge on any atom is -0.493 e. The molecule has 0 aliphatic rings. The molecule has 148 valence electrons. The smallest absolute Gasteiger partial charge is 0.251 e. The lowest BCUT2D eigenvalue weighted by molar-refractivity contribution is 0.0949. The molecule has 28 heavy (non-hydrogen) atoms. The van der Waals surface area contributed by atoms with Gasteiger partial charge in [-0.15, -0.1) is 0 Å². The van der Waals surface area contributed by atoms with Crippen molar-refractivity contribution in [1.29, 1.82) is 0 Å². The molecule has 0 atom stereocenters. The highest BCUT2D eigenvalue weighted by Crippen LogP contribution is 2.36. The molecule has 1 amide bonds. The van der Waals surface area contributed by atoms with Crippen LogP contribution in [0.2, 0.25) is 5.02 Å². The van der Waals surface area contributed by atoms with Gasteiger partial charge < -0.3 is 19.4 Å². The maximum atomic E-state index is 12.6. The van der Waals surface area contributed by atoms with Crippen molar-refractivity contribution in [3.8, 4) is 11.5 Å². The number of fused-ring (bicyclic) bond motifs is 1. The van der Waals surface area contributed by atoms with Crippen LogP contribution in [-0.2, 0) is 13.6 Å². The molecule has 1 heterocycles. The molecule has 7 heteroatoms. The summed E-state index contributed by atoms with van der Waals surface area (Å²) in [6, 6.07) is 11.1. The van der Waals surface area contributed by atoms with Crippen LogP contribution >= 0.6 is 11.6 Å². The van der Waals surface area contributed by atoms with Crippen molar-refractivity contribution in [2.75, 3.05) is 13.7 Å². The molecule has 0 saturated heterocycles. The number of carbonyl (C=O) groups is 1. The number of halogens is 1. The number of rotatable bonds is 7. The van der Waals surface area contributed by atoms with Gasteiger partial charge >= 0.3 is 0 Å². The van der Waals surface area contributed by atoms with E-state index in [4.69, 9.17) is 21.1 Å². The van der Waals surface area contributed by atoms with Gasteiger partial charge in [-0.25, -0.2) is 4.98 Å². The van der Waals surface area contributed by atoms with E-state index in [0.29, 0.717) is 41.2 Å². The van der Waals surface area contributed by atoms with Gasteiger partial charge in [-0.2, -0.15) is 0 Å². The Morgan fingerprint density at radius 3 is 2.71 bits per heavy atom. The van der Waals surface area contributed by atoms with Gasteiger partial charge in [0.25, 0.3) is 5.91 Å². The minimum atomic E-state index is -0.261. The quantitative estimate of drug-likeness (QED) is 0.644. The van der Waals surface area contributed by atoms with Crippen LogP contribution in [0, 0.1) is 5.92 Å². The van der Waals surface area contributed by atoms with Gasteiger partial charge in [-0.05, 0) is 30.2 Å². The average molecular weight is 402 g/mol. The highest BCUT2D eigenvalue weighted by Gasteiger charge is 2.17. The van der Waals surface area contributed by atoms with E-state index in [0.717, 1.165) is 16.9 Å². The predicted octanol–water partition coefficient (Wildman–Crippen LogP) is 4.20. The van der Waals surface area contributed by atoms with E-state index < -0.39 is 0 Å². The maximum Gasteiger partial charge on any atom is 0.251 e. The summed E-state index contributed by atoms with van der Waals surface area (Å²) in [5, 5.41) is 3.23. The molecule has 0 spiro atoms. The number of benzene rings is 2. The first kappa shape index (κ1) is 20.0. The monoisotopic (exact) mass is 401 g/mol. The summed E-state index contributed by atoms with van der Waals surface area (Å²) in [6.07, 6.45) is 0. The van der Waals surface area contributed by atoms with Gasteiger partial charge in [0.15, 0.2) is 11.5 Å². The lowest BCUT2D eigenvalue weighted by Gasteiger charge is -2.15. The van der Waals surface area contributed by atoms with Crippen molar-refractivity contribution < 1.29 is 14.3 Å². The fraction of sp³-hybridized carbons (Fsp3) is 0.333. The highest BCUT2D eigenvalue weighted by molar-refractivity contribution is 6.32. The van der Waals surface area contributed by atoms with Crippen molar-refractivity contribution in [2.24, 2.45) is 13.0 Å². The van der Waals surface area contributed by atoms with E-state index in [1.54, 1.807) is 12.1 Å². The minimum absolute atomic E-state index is 0.261. The van der Waals surface area contributed by atoms with Crippen molar-refractivity contribution >= 4 is 28.5 Å². The number of methoxy groups -OCH3 is 1. The molecule has 0 aliphatic heterocycles. The van der Waals surface area contributed by atoms with Crippen LogP contribution in [0.4, 0.5) is 0 Å². The zero-order chi connectivity index (χ0) is 20.3. The second-order valence-electron chi connectivity index (χ2n) is 6.95. The number of nitrogens with one attached hydrogen (secondary N) is 1. The standard InChI is InChI=1S/C21H24ClN3O3/c1-13(2)12-28-20-15(22)9-14(10-18(20)27-4)21(26)23-11-19-24-16-7-5-6-8-17(16)25(19)3/h5-10,13H,11-12H2,1-4H3,(H,23,26). The number of para-hydroxylation sites is 2. The summed E-state index contributed by atoms with van der Waals surface area (Å²) in [5.41, 5.74) is 2.31. The van der Waals surface area contributed by atoms with Gasteiger partial charge in [-0.1, -0.05) is 37.6 Å². The van der Waals surface area contributed by atoms with Gasteiger partial charge in [0.2, 0.25) is 0 Å². The Bertz CT molecular complexity index is 998. The second kappa shape index (κ2) is 8.52. The zero-order valence-corrected chi connectivity index (χ0v) is 17.2. The first-order valence-electron chi connectivity index (χ1n) is 9.09. The van der Waals surface area contributed by atoms with Gasteiger partial charge in [0.1, 0.15) is 5.82 Å². The summed E-state index contributed by atoms with van der Waals surface area (Å²) in [6.45, 7) is 4.90. The molecule has 6 nitrogen and oxygen atoms in total. The van der Waals surface area contributed by atoms with Crippen molar-refractivity contribution in [1.82, 2.24) is 14.9 Å². The number of imidazole rings is 1. The van der Waals surface area contributed by atoms with Gasteiger partial charge in [-0.3, -0.25) is 4.79 Å².